The van der Waals surface area contributed by atoms with Crippen molar-refractivity contribution in [1.29, 1.82) is 0 Å². The average molecular weight is 269 g/mol. The van der Waals surface area contributed by atoms with Crippen LogP contribution >= 0.6 is 0 Å². The molecule has 0 aliphatic carbocycles. The van der Waals surface area contributed by atoms with E-state index in [2.05, 4.69) is 0 Å². The fourth-order valence-corrected chi connectivity index (χ4v) is 2.26. The summed E-state index contributed by atoms with van der Waals surface area (Å²) in [4.78, 5) is 22.8. The highest BCUT2D eigenvalue weighted by molar-refractivity contribution is 5.74. The van der Waals surface area contributed by atoms with Gasteiger partial charge in [-0.1, -0.05) is 6.92 Å². The highest BCUT2D eigenvalue weighted by atomic mass is 19.4. The fourth-order valence-electron chi connectivity index (χ4n) is 2.26. The summed E-state index contributed by atoms with van der Waals surface area (Å²) < 4.78 is 38.0. The van der Waals surface area contributed by atoms with Crippen molar-refractivity contribution >= 4 is 11.9 Å². The van der Waals surface area contributed by atoms with Crippen LogP contribution < -0.4 is 0 Å². The van der Waals surface area contributed by atoms with Crippen molar-refractivity contribution in [2.45, 2.75) is 25.6 Å². The minimum atomic E-state index is -4.63. The van der Waals surface area contributed by atoms with Gasteiger partial charge in [0.1, 0.15) is 6.04 Å². The zero-order chi connectivity index (χ0) is 14.1. The predicted octanol–water partition coefficient (Wildman–Crippen LogP) is 1.04. The third kappa shape index (κ3) is 2.92. The summed E-state index contributed by atoms with van der Waals surface area (Å²) >= 11 is 0. The smallest absolute Gasteiger partial charge is 0.393 e. The number of carbonyl (C=O) groups is 2. The lowest BCUT2D eigenvalue weighted by Gasteiger charge is -2.23. The molecule has 1 saturated heterocycles. The molecule has 0 aromatic carbocycles. The minimum Gasteiger partial charge on any atom is -0.481 e. The van der Waals surface area contributed by atoms with Crippen LogP contribution in [-0.4, -0.2) is 52.4 Å². The lowest BCUT2D eigenvalue weighted by molar-refractivity contribution is -0.188. The Bertz CT molecular complexity index is 345. The average Bonchev–Trinajstić information content (AvgIpc) is 2.62. The molecule has 1 aliphatic rings. The van der Waals surface area contributed by atoms with E-state index in [9.17, 15) is 22.8 Å². The van der Waals surface area contributed by atoms with E-state index in [1.165, 1.54) is 6.92 Å². The zero-order valence-corrected chi connectivity index (χ0v) is 9.65. The van der Waals surface area contributed by atoms with Gasteiger partial charge in [0.15, 0.2) is 0 Å². The van der Waals surface area contributed by atoms with Gasteiger partial charge in [-0.15, -0.1) is 0 Å². The van der Waals surface area contributed by atoms with Crippen molar-refractivity contribution < 1.29 is 33.0 Å². The third-order valence-corrected chi connectivity index (χ3v) is 3.20. The maximum absolute atomic E-state index is 12.7. The molecule has 1 unspecified atom stereocenters. The molecule has 1 aliphatic heterocycles. The molecule has 5 nitrogen and oxygen atoms in total. The van der Waals surface area contributed by atoms with Crippen molar-refractivity contribution in [3.8, 4) is 0 Å². The van der Waals surface area contributed by atoms with Crippen molar-refractivity contribution in [2.75, 3.05) is 13.1 Å². The fraction of sp³-hybridized carbons (Fsp3) is 0.800. The standard InChI is InChI=1S/C10H14F3NO4/c1-2-7(9(17)18)14-3-5(8(15)16)6(4-14)10(11,12)13/h5-7H,2-4H2,1H3,(H,15,16)(H,17,18)/t5-,6-,7?/m1/s1. The Morgan fingerprint density at radius 3 is 2.17 bits per heavy atom. The molecule has 1 heterocycles. The minimum absolute atomic E-state index is 0.131. The van der Waals surface area contributed by atoms with Gasteiger partial charge in [-0.2, -0.15) is 13.2 Å². The first kappa shape index (κ1) is 14.7. The maximum Gasteiger partial charge on any atom is 0.393 e. The molecule has 1 fully saturated rings. The highest BCUT2D eigenvalue weighted by Crippen LogP contribution is 2.38. The number of nitrogens with zero attached hydrogens (tertiary/aromatic N) is 1. The van der Waals surface area contributed by atoms with Gasteiger partial charge in [0.25, 0.3) is 0 Å². The van der Waals surface area contributed by atoms with Crippen LogP contribution in [0.15, 0.2) is 0 Å². The highest BCUT2D eigenvalue weighted by Gasteiger charge is 2.53. The summed E-state index contributed by atoms with van der Waals surface area (Å²) in [6, 6.07) is -1.07. The second-order valence-electron chi connectivity index (χ2n) is 4.31. The van der Waals surface area contributed by atoms with Crippen molar-refractivity contribution in [1.82, 2.24) is 4.90 Å². The molecule has 3 atom stereocenters. The molecule has 2 N–H and O–H groups in total. The van der Waals surface area contributed by atoms with Gasteiger partial charge in [0.05, 0.1) is 11.8 Å². The Morgan fingerprint density at radius 2 is 1.89 bits per heavy atom. The van der Waals surface area contributed by atoms with Gasteiger partial charge in [-0.25, -0.2) is 0 Å². The molecule has 0 amide bonds. The van der Waals surface area contributed by atoms with Crippen LogP contribution in [0.25, 0.3) is 0 Å². The number of halogens is 3. The molecule has 18 heavy (non-hydrogen) atoms. The summed E-state index contributed by atoms with van der Waals surface area (Å²) in [5.41, 5.74) is 0. The van der Waals surface area contributed by atoms with Crippen molar-refractivity contribution in [3.05, 3.63) is 0 Å². The Kier molecular flexibility index (Phi) is 4.20. The topological polar surface area (TPSA) is 77.8 Å². The molecular formula is C10H14F3NO4. The van der Waals surface area contributed by atoms with E-state index in [0.717, 1.165) is 4.90 Å². The molecule has 0 radical (unpaired) electrons. The van der Waals surface area contributed by atoms with Crippen LogP contribution in [0.3, 0.4) is 0 Å². The number of rotatable bonds is 4. The van der Waals surface area contributed by atoms with Crippen LogP contribution in [0.5, 0.6) is 0 Å². The summed E-state index contributed by atoms with van der Waals surface area (Å²) in [5, 5.41) is 17.7. The van der Waals surface area contributed by atoms with Gasteiger partial charge >= 0.3 is 18.1 Å². The number of hydrogen-bond acceptors (Lipinski definition) is 3. The van der Waals surface area contributed by atoms with E-state index in [-0.39, 0.29) is 13.0 Å². The van der Waals surface area contributed by atoms with Crippen LogP contribution in [-0.2, 0) is 9.59 Å². The van der Waals surface area contributed by atoms with E-state index < -0.39 is 42.5 Å². The number of alkyl halides is 3. The lowest BCUT2D eigenvalue weighted by Crippen LogP contribution is -2.40. The SMILES string of the molecule is CCC(C(=O)O)N1C[C@@H](C(F)(F)F)[C@H](C(=O)O)C1. The molecule has 104 valence electrons. The molecule has 1 rings (SSSR count). The first-order valence-corrected chi connectivity index (χ1v) is 5.44. The second-order valence-corrected chi connectivity index (χ2v) is 4.31. The molecule has 0 aromatic rings. The quantitative estimate of drug-likeness (QED) is 0.797. The maximum atomic E-state index is 12.7. The van der Waals surface area contributed by atoms with Gasteiger partial charge < -0.3 is 10.2 Å². The summed E-state index contributed by atoms with van der Waals surface area (Å²) in [7, 11) is 0. The Balaban J connectivity index is 2.91. The van der Waals surface area contributed by atoms with Crippen LogP contribution in [0.2, 0.25) is 0 Å². The first-order chi connectivity index (χ1) is 8.18. The number of carboxylic acid groups (broad SMARTS) is 2. The second kappa shape index (κ2) is 5.13. The number of hydrogen-bond donors (Lipinski definition) is 2. The number of likely N-dealkylation sites (tertiary alicyclic amines) is 1. The summed E-state index contributed by atoms with van der Waals surface area (Å²) in [5.74, 6) is -6.38. The summed E-state index contributed by atoms with van der Waals surface area (Å²) in [6.07, 6.45) is -4.50. The normalized spacial score (nSPS) is 27.1. The van der Waals surface area contributed by atoms with Gasteiger partial charge in [0.2, 0.25) is 0 Å². The molecule has 0 spiro atoms. The van der Waals surface area contributed by atoms with Gasteiger partial charge in [-0.05, 0) is 6.42 Å². The molecule has 0 bridgehead atoms. The first-order valence-electron chi connectivity index (χ1n) is 5.44. The van der Waals surface area contributed by atoms with Gasteiger partial charge in [-0.3, -0.25) is 14.5 Å². The van der Waals surface area contributed by atoms with Gasteiger partial charge in [0, 0.05) is 13.1 Å². The lowest BCUT2D eigenvalue weighted by atomic mass is 9.96. The third-order valence-electron chi connectivity index (χ3n) is 3.20. The van der Waals surface area contributed by atoms with E-state index in [1.807, 2.05) is 0 Å². The Labute approximate surface area is 101 Å². The largest absolute Gasteiger partial charge is 0.481 e. The molecule has 0 aromatic heterocycles. The van der Waals surface area contributed by atoms with Crippen molar-refractivity contribution in [3.63, 3.8) is 0 Å². The molecule has 0 saturated carbocycles. The van der Waals surface area contributed by atoms with Crippen LogP contribution in [0, 0.1) is 11.8 Å². The summed E-state index contributed by atoms with van der Waals surface area (Å²) in [6.45, 7) is 0.574. The Hall–Kier alpha value is -1.31. The monoisotopic (exact) mass is 269 g/mol. The van der Waals surface area contributed by atoms with E-state index in [4.69, 9.17) is 10.2 Å². The van der Waals surface area contributed by atoms with Crippen LogP contribution in [0.4, 0.5) is 13.2 Å². The van der Waals surface area contributed by atoms with Crippen LogP contribution in [0.1, 0.15) is 13.3 Å². The molecule has 8 heteroatoms. The van der Waals surface area contributed by atoms with E-state index in [0.29, 0.717) is 0 Å². The van der Waals surface area contributed by atoms with E-state index in [1.54, 1.807) is 0 Å². The van der Waals surface area contributed by atoms with Crippen molar-refractivity contribution in [2.24, 2.45) is 11.8 Å². The zero-order valence-electron chi connectivity index (χ0n) is 9.65. The Morgan fingerprint density at radius 1 is 1.33 bits per heavy atom. The number of aliphatic carboxylic acids is 2. The predicted molar refractivity (Wildman–Crippen MR) is 54.0 cm³/mol. The molecular weight excluding hydrogens is 255 g/mol. The van der Waals surface area contributed by atoms with E-state index >= 15 is 0 Å². The number of carboxylic acids is 2.